The summed E-state index contributed by atoms with van der Waals surface area (Å²) in [5.74, 6) is 0.796. The molecule has 3 rings (SSSR count). The zero-order valence-electron chi connectivity index (χ0n) is 13.5. The van der Waals surface area contributed by atoms with Crippen LogP contribution in [-0.2, 0) is 4.79 Å². The van der Waals surface area contributed by atoms with Gasteiger partial charge in [-0.1, -0.05) is 53.8 Å². The Morgan fingerprint density at radius 1 is 1.16 bits per heavy atom. The summed E-state index contributed by atoms with van der Waals surface area (Å²) in [6, 6.07) is 12.8. The van der Waals surface area contributed by atoms with Gasteiger partial charge in [0.2, 0.25) is 0 Å². The van der Waals surface area contributed by atoms with Gasteiger partial charge in [-0.3, -0.25) is 9.69 Å². The van der Waals surface area contributed by atoms with Crippen molar-refractivity contribution in [1.29, 1.82) is 0 Å². The van der Waals surface area contributed by atoms with E-state index in [9.17, 15) is 4.79 Å². The number of hydrogen-bond acceptors (Lipinski definition) is 5. The maximum absolute atomic E-state index is 12.7. The van der Waals surface area contributed by atoms with Crippen molar-refractivity contribution in [3.63, 3.8) is 0 Å². The standard InChI is InChI=1S/C18H14ClNO3S2/c1-22-14-9-11(8-13(19)16(14)23-2)10-15-17(21)20(18(24)25-15)12-6-4-3-5-7-12/h3-10H,1-2H3/b15-10+. The molecule has 0 radical (unpaired) electrons. The topological polar surface area (TPSA) is 38.8 Å². The molecule has 2 aromatic carbocycles. The van der Waals surface area contributed by atoms with Crippen molar-refractivity contribution in [3.05, 3.63) is 58.0 Å². The van der Waals surface area contributed by atoms with Crippen molar-refractivity contribution in [2.24, 2.45) is 0 Å². The summed E-state index contributed by atoms with van der Waals surface area (Å²) in [5, 5.41) is 0.409. The molecule has 0 aliphatic carbocycles. The largest absolute Gasteiger partial charge is 0.493 e. The summed E-state index contributed by atoms with van der Waals surface area (Å²) < 4.78 is 11.0. The lowest BCUT2D eigenvalue weighted by molar-refractivity contribution is -0.113. The Morgan fingerprint density at radius 2 is 1.88 bits per heavy atom. The Hall–Kier alpha value is -2.02. The highest BCUT2D eigenvalue weighted by atomic mass is 35.5. The maximum Gasteiger partial charge on any atom is 0.270 e. The number of anilines is 1. The quantitative estimate of drug-likeness (QED) is 0.554. The van der Waals surface area contributed by atoms with Gasteiger partial charge in [-0.25, -0.2) is 0 Å². The zero-order chi connectivity index (χ0) is 18.0. The van der Waals surface area contributed by atoms with Gasteiger partial charge in [0.15, 0.2) is 15.8 Å². The van der Waals surface area contributed by atoms with Gasteiger partial charge in [-0.05, 0) is 35.9 Å². The SMILES string of the molecule is COc1cc(/C=C2/SC(=S)N(c3ccccc3)C2=O)cc(Cl)c1OC. The highest BCUT2D eigenvalue weighted by molar-refractivity contribution is 8.27. The van der Waals surface area contributed by atoms with Crippen LogP contribution in [0.4, 0.5) is 5.69 Å². The van der Waals surface area contributed by atoms with Crippen molar-refractivity contribution >= 4 is 57.6 Å². The number of hydrogen-bond donors (Lipinski definition) is 0. The van der Waals surface area contributed by atoms with Crippen LogP contribution in [0.1, 0.15) is 5.56 Å². The van der Waals surface area contributed by atoms with Gasteiger partial charge in [-0.2, -0.15) is 0 Å². The summed E-state index contributed by atoms with van der Waals surface area (Å²) in [7, 11) is 3.06. The molecular weight excluding hydrogens is 378 g/mol. The van der Waals surface area contributed by atoms with Crippen LogP contribution < -0.4 is 14.4 Å². The summed E-state index contributed by atoms with van der Waals surface area (Å²) in [5.41, 5.74) is 1.48. The molecule has 4 nitrogen and oxygen atoms in total. The molecule has 25 heavy (non-hydrogen) atoms. The molecule has 0 aromatic heterocycles. The first-order valence-corrected chi connectivity index (χ1v) is 8.90. The fourth-order valence-electron chi connectivity index (χ4n) is 2.44. The van der Waals surface area contributed by atoms with Crippen molar-refractivity contribution in [2.45, 2.75) is 0 Å². The van der Waals surface area contributed by atoms with Crippen LogP contribution in [0.25, 0.3) is 6.08 Å². The number of thiocarbonyl (C=S) groups is 1. The number of benzene rings is 2. The van der Waals surface area contributed by atoms with Crippen LogP contribution in [0.2, 0.25) is 5.02 Å². The van der Waals surface area contributed by atoms with Gasteiger partial charge < -0.3 is 9.47 Å². The molecule has 128 valence electrons. The van der Waals surface area contributed by atoms with E-state index in [1.807, 2.05) is 30.3 Å². The van der Waals surface area contributed by atoms with Crippen molar-refractivity contribution in [3.8, 4) is 11.5 Å². The second-order valence-corrected chi connectivity index (χ2v) is 7.17. The van der Waals surface area contributed by atoms with Gasteiger partial charge in [0.05, 0.1) is 29.8 Å². The molecule has 1 aliphatic rings. The van der Waals surface area contributed by atoms with Crippen LogP contribution in [0, 0.1) is 0 Å². The van der Waals surface area contributed by atoms with Crippen molar-refractivity contribution in [1.82, 2.24) is 0 Å². The molecular formula is C18H14ClNO3S2. The predicted molar refractivity (Wildman–Crippen MR) is 107 cm³/mol. The second-order valence-electron chi connectivity index (χ2n) is 5.09. The maximum atomic E-state index is 12.7. The van der Waals surface area contributed by atoms with Gasteiger partial charge in [0.25, 0.3) is 5.91 Å². The minimum Gasteiger partial charge on any atom is -0.493 e. The van der Waals surface area contributed by atoms with E-state index in [4.69, 9.17) is 33.3 Å². The van der Waals surface area contributed by atoms with Gasteiger partial charge in [0.1, 0.15) is 0 Å². The summed E-state index contributed by atoms with van der Waals surface area (Å²) in [4.78, 5) is 14.8. The van der Waals surface area contributed by atoms with E-state index in [1.54, 1.807) is 18.2 Å². The third kappa shape index (κ3) is 3.51. The molecule has 0 spiro atoms. The van der Waals surface area contributed by atoms with Crippen LogP contribution in [0.15, 0.2) is 47.4 Å². The summed E-state index contributed by atoms with van der Waals surface area (Å²) >= 11 is 12.8. The van der Waals surface area contributed by atoms with Crippen LogP contribution >= 0.6 is 35.6 Å². The molecule has 7 heteroatoms. The number of rotatable bonds is 4. The van der Waals surface area contributed by atoms with Crippen molar-refractivity contribution < 1.29 is 14.3 Å². The number of methoxy groups -OCH3 is 2. The fraction of sp³-hybridized carbons (Fsp3) is 0.111. The molecule has 1 amide bonds. The Kier molecular flexibility index (Phi) is 5.32. The molecule has 1 saturated heterocycles. The Bertz CT molecular complexity index is 868. The van der Waals surface area contributed by atoms with Crippen molar-refractivity contribution in [2.75, 3.05) is 19.1 Å². The molecule has 0 N–H and O–H groups in total. The third-order valence-electron chi connectivity index (χ3n) is 3.56. The third-order valence-corrected chi connectivity index (χ3v) is 5.14. The van der Waals surface area contributed by atoms with Gasteiger partial charge in [-0.15, -0.1) is 0 Å². The molecule has 0 bridgehead atoms. The number of thioether (sulfide) groups is 1. The number of carbonyl (C=O) groups excluding carboxylic acids is 1. The highest BCUT2D eigenvalue weighted by Gasteiger charge is 2.33. The minimum atomic E-state index is -0.160. The predicted octanol–water partition coefficient (Wildman–Crippen LogP) is 4.76. The van der Waals surface area contributed by atoms with E-state index in [0.717, 1.165) is 11.3 Å². The molecule has 0 saturated carbocycles. The average Bonchev–Trinajstić information content (AvgIpc) is 2.88. The van der Waals surface area contributed by atoms with E-state index >= 15 is 0 Å². The van der Waals surface area contributed by atoms with Gasteiger partial charge >= 0.3 is 0 Å². The van der Waals surface area contributed by atoms with E-state index < -0.39 is 0 Å². The minimum absolute atomic E-state index is 0.160. The number of para-hydroxylation sites is 1. The molecule has 1 aliphatic heterocycles. The number of nitrogens with zero attached hydrogens (tertiary/aromatic N) is 1. The monoisotopic (exact) mass is 391 g/mol. The first-order chi connectivity index (χ1) is 12.0. The lowest BCUT2D eigenvalue weighted by Gasteiger charge is -2.13. The number of amides is 1. The molecule has 1 fully saturated rings. The zero-order valence-corrected chi connectivity index (χ0v) is 15.9. The van der Waals surface area contributed by atoms with Crippen LogP contribution in [0.3, 0.4) is 0 Å². The molecule has 2 aromatic rings. The first kappa shape index (κ1) is 17.8. The fourth-order valence-corrected chi connectivity index (χ4v) is 4.04. The molecule has 0 atom stereocenters. The molecule has 0 unspecified atom stereocenters. The number of ether oxygens (including phenoxy) is 2. The lowest BCUT2D eigenvalue weighted by atomic mass is 10.1. The van der Waals surface area contributed by atoms with E-state index in [0.29, 0.717) is 25.7 Å². The Balaban J connectivity index is 1.96. The first-order valence-electron chi connectivity index (χ1n) is 7.29. The smallest absolute Gasteiger partial charge is 0.270 e. The highest BCUT2D eigenvalue weighted by Crippen LogP contribution is 2.39. The van der Waals surface area contributed by atoms with E-state index in [-0.39, 0.29) is 5.91 Å². The average molecular weight is 392 g/mol. The Morgan fingerprint density at radius 3 is 2.52 bits per heavy atom. The van der Waals surface area contributed by atoms with Crippen LogP contribution in [0.5, 0.6) is 11.5 Å². The summed E-state index contributed by atoms with van der Waals surface area (Å²) in [6.07, 6.45) is 1.75. The second kappa shape index (κ2) is 7.47. The van der Waals surface area contributed by atoms with Gasteiger partial charge in [0, 0.05) is 0 Å². The summed E-state index contributed by atoms with van der Waals surface area (Å²) in [6.45, 7) is 0. The van der Waals surface area contributed by atoms with E-state index in [1.165, 1.54) is 30.9 Å². The van der Waals surface area contributed by atoms with Crippen LogP contribution in [-0.4, -0.2) is 24.4 Å². The lowest BCUT2D eigenvalue weighted by Crippen LogP contribution is -2.27. The normalized spacial score (nSPS) is 15.8. The molecule has 1 heterocycles. The number of halogens is 1. The van der Waals surface area contributed by atoms with E-state index in [2.05, 4.69) is 0 Å². The number of carbonyl (C=O) groups is 1. The Labute approximate surface area is 160 Å².